The Morgan fingerprint density at radius 1 is 1.21 bits per heavy atom. The molecule has 0 spiro atoms. The van der Waals surface area contributed by atoms with Crippen LogP contribution in [0.1, 0.15) is 49.2 Å². The Hall–Kier alpha value is -2.94. The molecule has 5 rings (SSSR count). The van der Waals surface area contributed by atoms with Gasteiger partial charge in [-0.3, -0.25) is 4.98 Å². The Morgan fingerprint density at radius 2 is 2.10 bits per heavy atom. The molecule has 4 aromatic heterocycles. The lowest BCUT2D eigenvalue weighted by Gasteiger charge is -2.26. The monoisotopic (exact) mass is 409 g/mol. The van der Waals surface area contributed by atoms with Crippen molar-refractivity contribution in [2.24, 2.45) is 0 Å². The van der Waals surface area contributed by atoms with Crippen LogP contribution in [-0.4, -0.2) is 36.3 Å². The quantitative estimate of drug-likeness (QED) is 0.502. The lowest BCUT2D eigenvalue weighted by atomic mass is 10.1. The van der Waals surface area contributed by atoms with Crippen molar-refractivity contribution in [1.82, 2.24) is 29.8 Å². The zero-order valence-electron chi connectivity index (χ0n) is 16.2. The van der Waals surface area contributed by atoms with Crippen LogP contribution in [0.5, 0.6) is 0 Å². The average molecular weight is 409 g/mol. The number of pyridine rings is 1. The van der Waals surface area contributed by atoms with E-state index in [2.05, 4.69) is 39.0 Å². The highest BCUT2D eigenvalue weighted by atomic mass is 32.1. The van der Waals surface area contributed by atoms with Gasteiger partial charge in [0.1, 0.15) is 16.6 Å². The van der Waals surface area contributed by atoms with E-state index in [1.54, 1.807) is 34.3 Å². The van der Waals surface area contributed by atoms with E-state index in [0.717, 1.165) is 52.0 Å². The number of nitrogens with zero attached hydrogens (tertiary/aromatic N) is 7. The molecule has 0 radical (unpaired) electrons. The maximum absolute atomic E-state index is 13.7. The highest BCUT2D eigenvalue weighted by Crippen LogP contribution is 2.36. The van der Waals surface area contributed by atoms with E-state index < -0.39 is 0 Å². The molecule has 0 unspecified atom stereocenters. The number of rotatable bonds is 4. The lowest BCUT2D eigenvalue weighted by Crippen LogP contribution is -2.24. The van der Waals surface area contributed by atoms with Gasteiger partial charge in [-0.1, -0.05) is 25.2 Å². The van der Waals surface area contributed by atoms with Gasteiger partial charge in [-0.25, -0.2) is 13.9 Å². The van der Waals surface area contributed by atoms with Gasteiger partial charge in [0.15, 0.2) is 10.7 Å². The van der Waals surface area contributed by atoms with Crippen LogP contribution >= 0.6 is 11.3 Å². The Bertz CT molecular complexity index is 1170. The SMILES string of the molecule is CC(C)c1nnc(-c2cnn3ccc(N4CCC[C@@H]4c4cncc(F)c4)nc23)s1. The summed E-state index contributed by atoms with van der Waals surface area (Å²) in [5.74, 6) is 0.865. The second kappa shape index (κ2) is 7.14. The summed E-state index contributed by atoms with van der Waals surface area (Å²) in [4.78, 5) is 11.1. The van der Waals surface area contributed by atoms with Crippen LogP contribution in [0.2, 0.25) is 0 Å². The first kappa shape index (κ1) is 18.1. The minimum Gasteiger partial charge on any atom is -0.349 e. The first-order valence-corrected chi connectivity index (χ1v) is 10.5. The second-order valence-corrected chi connectivity index (χ2v) is 8.51. The fraction of sp³-hybridized carbons (Fsp3) is 0.350. The lowest BCUT2D eigenvalue weighted by molar-refractivity contribution is 0.610. The normalized spacial score (nSPS) is 17.0. The first-order chi connectivity index (χ1) is 14.1. The fourth-order valence-corrected chi connectivity index (χ4v) is 4.60. The number of anilines is 1. The van der Waals surface area contributed by atoms with Crippen molar-refractivity contribution in [1.29, 1.82) is 0 Å². The number of hydrogen-bond donors (Lipinski definition) is 0. The van der Waals surface area contributed by atoms with Gasteiger partial charge in [-0.05, 0) is 30.5 Å². The largest absolute Gasteiger partial charge is 0.349 e. The fourth-order valence-electron chi connectivity index (χ4n) is 3.74. The molecule has 9 heteroatoms. The molecular formula is C20H20FN7S. The van der Waals surface area contributed by atoms with Crippen LogP contribution in [0.25, 0.3) is 16.2 Å². The summed E-state index contributed by atoms with van der Waals surface area (Å²) in [6.07, 6.45) is 8.63. The van der Waals surface area contributed by atoms with E-state index in [0.29, 0.717) is 5.92 Å². The zero-order valence-corrected chi connectivity index (χ0v) is 17.0. The topological polar surface area (TPSA) is 72.1 Å². The van der Waals surface area contributed by atoms with E-state index in [-0.39, 0.29) is 11.9 Å². The van der Waals surface area contributed by atoms with Crippen LogP contribution in [0.15, 0.2) is 36.9 Å². The van der Waals surface area contributed by atoms with Crippen LogP contribution in [0, 0.1) is 5.82 Å². The molecule has 7 nitrogen and oxygen atoms in total. The number of hydrogen-bond acceptors (Lipinski definition) is 7. The van der Waals surface area contributed by atoms with E-state index >= 15 is 0 Å². The molecule has 1 atom stereocenters. The Kier molecular flexibility index (Phi) is 4.46. The van der Waals surface area contributed by atoms with Gasteiger partial charge < -0.3 is 4.90 Å². The molecular weight excluding hydrogens is 389 g/mol. The van der Waals surface area contributed by atoms with Gasteiger partial charge in [0.2, 0.25) is 0 Å². The van der Waals surface area contributed by atoms with Gasteiger partial charge in [0.05, 0.1) is 24.0 Å². The Labute approximate surface area is 171 Å². The van der Waals surface area contributed by atoms with Crippen molar-refractivity contribution in [2.75, 3.05) is 11.4 Å². The van der Waals surface area contributed by atoms with Crippen LogP contribution in [0.4, 0.5) is 10.2 Å². The van der Waals surface area contributed by atoms with Gasteiger partial charge in [-0.2, -0.15) is 5.10 Å². The molecule has 0 amide bonds. The van der Waals surface area contributed by atoms with Crippen molar-refractivity contribution >= 4 is 22.8 Å². The average Bonchev–Trinajstić information content (AvgIpc) is 3.45. The smallest absolute Gasteiger partial charge is 0.167 e. The molecule has 4 aromatic rings. The molecule has 1 aliphatic rings. The highest BCUT2D eigenvalue weighted by Gasteiger charge is 2.28. The molecule has 5 heterocycles. The number of fused-ring (bicyclic) bond motifs is 1. The third-order valence-electron chi connectivity index (χ3n) is 5.18. The third-order valence-corrected chi connectivity index (χ3v) is 6.43. The summed E-state index contributed by atoms with van der Waals surface area (Å²) in [6, 6.07) is 3.58. The first-order valence-electron chi connectivity index (χ1n) is 9.65. The van der Waals surface area contributed by atoms with E-state index in [9.17, 15) is 4.39 Å². The van der Waals surface area contributed by atoms with E-state index in [1.807, 2.05) is 12.3 Å². The molecule has 29 heavy (non-hydrogen) atoms. The maximum Gasteiger partial charge on any atom is 0.167 e. The third kappa shape index (κ3) is 3.25. The molecule has 0 saturated carbocycles. The molecule has 0 aliphatic carbocycles. The predicted molar refractivity (Wildman–Crippen MR) is 109 cm³/mol. The number of aromatic nitrogens is 6. The van der Waals surface area contributed by atoms with Crippen LogP contribution < -0.4 is 4.90 Å². The van der Waals surface area contributed by atoms with Gasteiger partial charge >= 0.3 is 0 Å². The molecule has 1 saturated heterocycles. The zero-order chi connectivity index (χ0) is 20.0. The van der Waals surface area contributed by atoms with Gasteiger partial charge in [0.25, 0.3) is 0 Å². The Morgan fingerprint density at radius 3 is 2.90 bits per heavy atom. The maximum atomic E-state index is 13.7. The molecule has 1 fully saturated rings. The molecule has 0 bridgehead atoms. The van der Waals surface area contributed by atoms with Crippen molar-refractivity contribution < 1.29 is 4.39 Å². The Balaban J connectivity index is 1.54. The summed E-state index contributed by atoms with van der Waals surface area (Å²) in [5.41, 5.74) is 2.50. The van der Waals surface area contributed by atoms with Crippen molar-refractivity contribution in [3.8, 4) is 10.6 Å². The summed E-state index contributed by atoms with van der Waals surface area (Å²) in [5, 5.41) is 14.9. The summed E-state index contributed by atoms with van der Waals surface area (Å²) >= 11 is 1.57. The number of halogens is 1. The highest BCUT2D eigenvalue weighted by molar-refractivity contribution is 7.14. The summed E-state index contributed by atoms with van der Waals surface area (Å²) in [7, 11) is 0. The minimum atomic E-state index is -0.312. The van der Waals surface area contributed by atoms with Crippen molar-refractivity contribution in [2.45, 2.75) is 38.6 Å². The van der Waals surface area contributed by atoms with Gasteiger partial charge in [-0.15, -0.1) is 10.2 Å². The summed E-state index contributed by atoms with van der Waals surface area (Å²) in [6.45, 7) is 5.07. The van der Waals surface area contributed by atoms with Crippen LogP contribution in [0.3, 0.4) is 0 Å². The summed E-state index contributed by atoms with van der Waals surface area (Å²) < 4.78 is 15.5. The van der Waals surface area contributed by atoms with E-state index in [4.69, 9.17) is 4.98 Å². The standard InChI is InChI=1S/C20H20FN7S/c1-12(2)19-25-26-20(29-19)15-11-23-28-7-5-17(24-18(15)28)27-6-3-4-16(27)13-8-14(21)10-22-9-13/h5,7-12,16H,3-4,6H2,1-2H3/t16-/m1/s1. The molecule has 148 valence electrons. The van der Waals surface area contributed by atoms with Gasteiger partial charge in [0, 0.05) is 24.9 Å². The minimum absolute atomic E-state index is 0.0635. The van der Waals surface area contributed by atoms with Crippen molar-refractivity contribution in [3.05, 3.63) is 53.3 Å². The van der Waals surface area contributed by atoms with Crippen LogP contribution in [-0.2, 0) is 0 Å². The molecule has 0 aromatic carbocycles. The van der Waals surface area contributed by atoms with Crippen molar-refractivity contribution in [3.63, 3.8) is 0 Å². The van der Waals surface area contributed by atoms with E-state index in [1.165, 1.54) is 6.20 Å². The predicted octanol–water partition coefficient (Wildman–Crippen LogP) is 4.25. The second-order valence-electron chi connectivity index (χ2n) is 7.50. The molecule has 0 N–H and O–H groups in total. The molecule has 1 aliphatic heterocycles.